The summed E-state index contributed by atoms with van der Waals surface area (Å²) in [5, 5.41) is 2.75. The molecule has 2 aromatic rings. The third-order valence-corrected chi connectivity index (χ3v) is 4.86. The first kappa shape index (κ1) is 19.0. The fraction of sp³-hybridized carbons (Fsp3) is 0.278. The zero-order chi connectivity index (χ0) is 18.3. The quantitative estimate of drug-likeness (QED) is 0.783. The number of carbonyl (C=O) groups is 1. The first-order valence-corrected chi connectivity index (χ1v) is 9.66. The highest BCUT2D eigenvalue weighted by atomic mass is 32.2. The number of anilines is 1. The van der Waals surface area contributed by atoms with Crippen LogP contribution < -0.4 is 10.1 Å². The lowest BCUT2D eigenvalue weighted by Gasteiger charge is -2.19. The maximum absolute atomic E-state index is 12.1. The molecule has 0 aliphatic heterocycles. The summed E-state index contributed by atoms with van der Waals surface area (Å²) in [4.78, 5) is 12.1. The first-order valence-electron chi connectivity index (χ1n) is 7.81. The second-order valence-corrected chi connectivity index (χ2v) is 7.59. The van der Waals surface area contributed by atoms with E-state index in [2.05, 4.69) is 5.32 Å². The number of hydrogen-bond acceptors (Lipinski definition) is 4. The number of nitrogens with zero attached hydrogens (tertiary/aromatic N) is 1. The molecule has 7 heteroatoms. The van der Waals surface area contributed by atoms with Gasteiger partial charge in [-0.05, 0) is 17.7 Å². The van der Waals surface area contributed by atoms with Gasteiger partial charge >= 0.3 is 0 Å². The molecule has 0 aliphatic rings. The molecule has 25 heavy (non-hydrogen) atoms. The molecule has 0 atom stereocenters. The average Bonchev–Trinajstić information content (AvgIpc) is 2.58. The Labute approximate surface area is 148 Å². The molecule has 1 N–H and O–H groups in total. The lowest BCUT2D eigenvalue weighted by molar-refractivity contribution is -0.116. The minimum Gasteiger partial charge on any atom is -0.497 e. The molecule has 0 aliphatic carbocycles. The minimum atomic E-state index is -3.41. The van der Waals surface area contributed by atoms with Crippen LogP contribution in [0.1, 0.15) is 12.0 Å². The molecular formula is C18H22N2O4S. The van der Waals surface area contributed by atoms with Crippen LogP contribution in [0.15, 0.2) is 54.6 Å². The summed E-state index contributed by atoms with van der Waals surface area (Å²) in [6, 6.07) is 16.3. The number of ether oxygens (including phenoxy) is 1. The predicted octanol–water partition coefficient (Wildman–Crippen LogP) is 2.49. The molecule has 0 saturated heterocycles. The number of sulfonamides is 1. The van der Waals surface area contributed by atoms with Crippen molar-refractivity contribution in [3.63, 3.8) is 0 Å². The predicted molar refractivity (Wildman–Crippen MR) is 97.9 cm³/mol. The van der Waals surface area contributed by atoms with Crippen LogP contribution in [0.3, 0.4) is 0 Å². The SMILES string of the molecule is COc1cccc(NC(=O)CCN(Cc2ccccc2)S(C)(=O)=O)c1. The van der Waals surface area contributed by atoms with Crippen LogP contribution in [0, 0.1) is 0 Å². The largest absolute Gasteiger partial charge is 0.497 e. The third-order valence-electron chi connectivity index (χ3n) is 3.61. The van der Waals surface area contributed by atoms with Crippen molar-refractivity contribution in [1.82, 2.24) is 4.31 Å². The molecular weight excluding hydrogens is 340 g/mol. The maximum Gasteiger partial charge on any atom is 0.225 e. The zero-order valence-electron chi connectivity index (χ0n) is 14.3. The lowest BCUT2D eigenvalue weighted by atomic mass is 10.2. The van der Waals surface area contributed by atoms with Crippen LogP contribution >= 0.6 is 0 Å². The minimum absolute atomic E-state index is 0.0666. The van der Waals surface area contributed by atoms with Crippen LogP contribution in [0.5, 0.6) is 5.75 Å². The number of methoxy groups -OCH3 is 1. The van der Waals surface area contributed by atoms with Gasteiger partial charge in [0.1, 0.15) is 5.75 Å². The molecule has 0 heterocycles. The summed E-state index contributed by atoms with van der Waals surface area (Å²) in [6.07, 6.45) is 1.22. The molecule has 0 spiro atoms. The number of benzene rings is 2. The van der Waals surface area contributed by atoms with Crippen molar-refractivity contribution < 1.29 is 17.9 Å². The molecule has 6 nitrogen and oxygen atoms in total. The summed E-state index contributed by atoms with van der Waals surface area (Å²) < 4.78 is 30.3. The Balaban J connectivity index is 1.96. The molecule has 2 rings (SSSR count). The Hall–Kier alpha value is -2.38. The monoisotopic (exact) mass is 362 g/mol. The summed E-state index contributed by atoms with van der Waals surface area (Å²) in [7, 11) is -1.86. The van der Waals surface area contributed by atoms with Crippen molar-refractivity contribution in [3.05, 3.63) is 60.2 Å². The van der Waals surface area contributed by atoms with Gasteiger partial charge in [-0.1, -0.05) is 36.4 Å². The normalized spacial score (nSPS) is 11.3. The van der Waals surface area contributed by atoms with Crippen LogP contribution in [0.2, 0.25) is 0 Å². The first-order chi connectivity index (χ1) is 11.9. The van der Waals surface area contributed by atoms with E-state index in [4.69, 9.17) is 4.74 Å². The third kappa shape index (κ3) is 6.21. The lowest BCUT2D eigenvalue weighted by Crippen LogP contribution is -2.32. The second kappa shape index (κ2) is 8.64. The van der Waals surface area contributed by atoms with Gasteiger partial charge in [-0.25, -0.2) is 8.42 Å². The molecule has 0 unspecified atom stereocenters. The highest BCUT2D eigenvalue weighted by Crippen LogP contribution is 2.17. The Bertz CT molecular complexity index is 807. The maximum atomic E-state index is 12.1. The number of rotatable bonds is 8. The van der Waals surface area contributed by atoms with E-state index >= 15 is 0 Å². The Morgan fingerprint density at radius 2 is 1.84 bits per heavy atom. The smallest absolute Gasteiger partial charge is 0.225 e. The molecule has 134 valence electrons. The van der Waals surface area contributed by atoms with Crippen LogP contribution in [0.25, 0.3) is 0 Å². The van der Waals surface area contributed by atoms with Gasteiger partial charge in [0, 0.05) is 31.3 Å². The fourth-order valence-corrected chi connectivity index (χ4v) is 3.11. The van der Waals surface area contributed by atoms with Crippen LogP contribution in [0.4, 0.5) is 5.69 Å². The molecule has 0 saturated carbocycles. The average molecular weight is 362 g/mol. The molecule has 0 bridgehead atoms. The van der Waals surface area contributed by atoms with Crippen molar-refractivity contribution in [1.29, 1.82) is 0 Å². The van der Waals surface area contributed by atoms with Crippen molar-refractivity contribution >= 4 is 21.6 Å². The van der Waals surface area contributed by atoms with Gasteiger partial charge in [-0.3, -0.25) is 4.79 Å². The van der Waals surface area contributed by atoms with Gasteiger partial charge in [0.05, 0.1) is 13.4 Å². The van der Waals surface area contributed by atoms with E-state index in [1.807, 2.05) is 30.3 Å². The van der Waals surface area contributed by atoms with Gasteiger partial charge in [0.25, 0.3) is 0 Å². The van der Waals surface area contributed by atoms with Gasteiger partial charge in [-0.2, -0.15) is 4.31 Å². The number of hydrogen-bond donors (Lipinski definition) is 1. The highest BCUT2D eigenvalue weighted by Gasteiger charge is 2.18. The zero-order valence-corrected chi connectivity index (χ0v) is 15.1. The molecule has 0 aromatic heterocycles. The topological polar surface area (TPSA) is 75.7 Å². The number of carbonyl (C=O) groups excluding carboxylic acids is 1. The molecule has 1 amide bonds. The van der Waals surface area contributed by atoms with E-state index in [0.29, 0.717) is 11.4 Å². The van der Waals surface area contributed by atoms with E-state index in [1.54, 1.807) is 31.4 Å². The highest BCUT2D eigenvalue weighted by molar-refractivity contribution is 7.88. The van der Waals surface area contributed by atoms with Gasteiger partial charge in [0.15, 0.2) is 0 Å². The van der Waals surface area contributed by atoms with Crippen LogP contribution in [-0.4, -0.2) is 38.5 Å². The second-order valence-electron chi connectivity index (χ2n) is 5.61. The van der Waals surface area contributed by atoms with Crippen LogP contribution in [-0.2, 0) is 21.4 Å². The van der Waals surface area contributed by atoms with Gasteiger partial charge in [0.2, 0.25) is 15.9 Å². The standard InChI is InChI=1S/C18H22N2O4S/c1-24-17-10-6-9-16(13-17)19-18(21)11-12-20(25(2,22)23)14-15-7-4-3-5-8-15/h3-10,13H,11-12,14H2,1-2H3,(H,19,21). The molecule has 2 aromatic carbocycles. The molecule has 0 radical (unpaired) electrons. The van der Waals surface area contributed by atoms with E-state index in [9.17, 15) is 13.2 Å². The summed E-state index contributed by atoms with van der Waals surface area (Å²) in [6.45, 7) is 0.357. The van der Waals surface area contributed by atoms with Crippen molar-refractivity contribution in [3.8, 4) is 5.75 Å². The Kier molecular flexibility index (Phi) is 6.55. The summed E-state index contributed by atoms with van der Waals surface area (Å²) >= 11 is 0. The van der Waals surface area contributed by atoms with E-state index in [1.165, 1.54) is 4.31 Å². The molecule has 0 fully saturated rings. The summed E-state index contributed by atoms with van der Waals surface area (Å²) in [5.74, 6) is 0.384. The number of amides is 1. The Morgan fingerprint density at radius 1 is 1.12 bits per heavy atom. The van der Waals surface area contributed by atoms with E-state index < -0.39 is 10.0 Å². The summed E-state index contributed by atoms with van der Waals surface area (Å²) in [5.41, 5.74) is 1.49. The Morgan fingerprint density at radius 3 is 2.48 bits per heavy atom. The van der Waals surface area contributed by atoms with E-state index in [-0.39, 0.29) is 25.4 Å². The van der Waals surface area contributed by atoms with Crippen molar-refractivity contribution in [2.45, 2.75) is 13.0 Å². The number of nitrogens with one attached hydrogen (secondary N) is 1. The van der Waals surface area contributed by atoms with Gasteiger partial charge in [-0.15, -0.1) is 0 Å². The van der Waals surface area contributed by atoms with Gasteiger partial charge < -0.3 is 10.1 Å². The van der Waals surface area contributed by atoms with Crippen molar-refractivity contribution in [2.24, 2.45) is 0 Å². The van der Waals surface area contributed by atoms with E-state index in [0.717, 1.165) is 11.8 Å². The fourth-order valence-electron chi connectivity index (χ4n) is 2.30. The van der Waals surface area contributed by atoms with Crippen molar-refractivity contribution in [2.75, 3.05) is 25.2 Å².